The number of hydrogen-bond acceptors (Lipinski definition) is 5. The Labute approximate surface area is 126 Å². The second-order valence-electron chi connectivity index (χ2n) is 6.74. The number of unbranched alkanes of at least 4 members (excludes halogenated alkanes) is 1. The van der Waals surface area contributed by atoms with Gasteiger partial charge in [0, 0.05) is 25.4 Å². The first-order valence-corrected chi connectivity index (χ1v) is 8.46. The van der Waals surface area contributed by atoms with Crippen molar-refractivity contribution in [1.82, 2.24) is 15.0 Å². The number of fused-ring (bicyclic) bond motifs is 1. The molecule has 21 heavy (non-hydrogen) atoms. The molecule has 2 fully saturated rings. The van der Waals surface area contributed by atoms with Crippen molar-refractivity contribution in [3.8, 4) is 0 Å². The Hall–Kier alpha value is -0.940. The second kappa shape index (κ2) is 6.44. The van der Waals surface area contributed by atoms with Crippen LogP contribution in [0.25, 0.3) is 0 Å². The lowest BCUT2D eigenvalue weighted by Crippen LogP contribution is -2.52. The molecule has 0 bridgehead atoms. The first-order chi connectivity index (χ1) is 10.2. The molecule has 118 valence electrons. The molecule has 1 N–H and O–H groups in total. The zero-order chi connectivity index (χ0) is 14.7. The van der Waals surface area contributed by atoms with Crippen molar-refractivity contribution in [3.63, 3.8) is 0 Å². The van der Waals surface area contributed by atoms with Crippen LogP contribution in [0.1, 0.15) is 63.6 Å². The highest BCUT2D eigenvalue weighted by Gasteiger charge is 2.42. The SMILES string of the molecule is CCCCc1noc(CN2CCC3(O)CCCCC3C2)n1. The van der Waals surface area contributed by atoms with Crippen LogP contribution in [0, 0.1) is 5.92 Å². The monoisotopic (exact) mass is 293 g/mol. The Morgan fingerprint density at radius 1 is 1.38 bits per heavy atom. The summed E-state index contributed by atoms with van der Waals surface area (Å²) in [6.45, 7) is 4.79. The standard InChI is InChI=1S/C16H27N3O2/c1-2-3-7-14-17-15(21-18-14)12-19-10-9-16(20)8-5-4-6-13(16)11-19/h13,20H,2-12H2,1H3. The van der Waals surface area contributed by atoms with Crippen molar-refractivity contribution in [2.24, 2.45) is 5.92 Å². The van der Waals surface area contributed by atoms with Crippen LogP contribution >= 0.6 is 0 Å². The van der Waals surface area contributed by atoms with Crippen molar-refractivity contribution in [2.75, 3.05) is 13.1 Å². The molecule has 1 aliphatic heterocycles. The third-order valence-electron chi connectivity index (χ3n) is 5.13. The summed E-state index contributed by atoms with van der Waals surface area (Å²) in [5, 5.41) is 14.8. The van der Waals surface area contributed by atoms with E-state index in [4.69, 9.17) is 4.52 Å². The van der Waals surface area contributed by atoms with E-state index in [1.165, 1.54) is 12.8 Å². The molecule has 2 heterocycles. The minimum absolute atomic E-state index is 0.407. The normalized spacial score (nSPS) is 30.3. The second-order valence-corrected chi connectivity index (χ2v) is 6.74. The molecule has 1 aromatic rings. The molecule has 1 aromatic heterocycles. The fraction of sp³-hybridized carbons (Fsp3) is 0.875. The molecule has 0 radical (unpaired) electrons. The van der Waals surface area contributed by atoms with Crippen LogP contribution in [0.2, 0.25) is 0 Å². The maximum atomic E-state index is 10.7. The van der Waals surface area contributed by atoms with Gasteiger partial charge in [-0.25, -0.2) is 0 Å². The molecule has 3 rings (SSSR count). The number of rotatable bonds is 5. The Kier molecular flexibility index (Phi) is 4.60. The molecule has 2 unspecified atom stereocenters. The number of aliphatic hydroxyl groups is 1. The molecule has 5 heteroatoms. The van der Waals surface area contributed by atoms with E-state index in [2.05, 4.69) is 22.0 Å². The minimum Gasteiger partial charge on any atom is -0.390 e. The highest BCUT2D eigenvalue weighted by atomic mass is 16.5. The van der Waals surface area contributed by atoms with Gasteiger partial charge >= 0.3 is 0 Å². The summed E-state index contributed by atoms with van der Waals surface area (Å²) in [4.78, 5) is 6.84. The van der Waals surface area contributed by atoms with Gasteiger partial charge in [-0.05, 0) is 25.7 Å². The van der Waals surface area contributed by atoms with Crippen molar-refractivity contribution >= 4 is 0 Å². The van der Waals surface area contributed by atoms with Gasteiger partial charge in [-0.3, -0.25) is 4.90 Å². The van der Waals surface area contributed by atoms with E-state index in [-0.39, 0.29) is 0 Å². The molecule has 1 aliphatic carbocycles. The van der Waals surface area contributed by atoms with Gasteiger partial charge in [-0.1, -0.05) is 31.3 Å². The van der Waals surface area contributed by atoms with Crippen molar-refractivity contribution in [2.45, 2.75) is 70.4 Å². The lowest BCUT2D eigenvalue weighted by Gasteiger charge is -2.47. The predicted octanol–water partition coefficient (Wildman–Crippen LogP) is 2.54. The van der Waals surface area contributed by atoms with E-state index in [1.807, 2.05) is 0 Å². The van der Waals surface area contributed by atoms with Gasteiger partial charge in [0.25, 0.3) is 0 Å². The number of aryl methyl sites for hydroxylation is 1. The summed E-state index contributed by atoms with van der Waals surface area (Å²) in [5.74, 6) is 1.97. The van der Waals surface area contributed by atoms with E-state index in [0.29, 0.717) is 5.92 Å². The highest BCUT2D eigenvalue weighted by Crippen LogP contribution is 2.39. The van der Waals surface area contributed by atoms with Gasteiger partial charge < -0.3 is 9.63 Å². The number of piperidine rings is 1. The molecule has 2 aliphatic rings. The van der Waals surface area contributed by atoms with Crippen LogP contribution in [0.5, 0.6) is 0 Å². The van der Waals surface area contributed by atoms with Crippen molar-refractivity contribution in [1.29, 1.82) is 0 Å². The van der Waals surface area contributed by atoms with E-state index in [1.54, 1.807) is 0 Å². The summed E-state index contributed by atoms with van der Waals surface area (Å²) in [7, 11) is 0. The van der Waals surface area contributed by atoms with Crippen LogP contribution < -0.4 is 0 Å². The van der Waals surface area contributed by atoms with Gasteiger partial charge in [0.1, 0.15) is 0 Å². The smallest absolute Gasteiger partial charge is 0.240 e. The van der Waals surface area contributed by atoms with Gasteiger partial charge in [0.05, 0.1) is 12.1 Å². The molecular formula is C16H27N3O2. The fourth-order valence-electron chi connectivity index (χ4n) is 3.77. The van der Waals surface area contributed by atoms with Crippen LogP contribution in [-0.2, 0) is 13.0 Å². The van der Waals surface area contributed by atoms with Gasteiger partial charge in [0.2, 0.25) is 5.89 Å². The molecular weight excluding hydrogens is 266 g/mol. The third-order valence-corrected chi connectivity index (χ3v) is 5.13. The van der Waals surface area contributed by atoms with Gasteiger partial charge in [-0.15, -0.1) is 0 Å². The predicted molar refractivity (Wildman–Crippen MR) is 79.7 cm³/mol. The van der Waals surface area contributed by atoms with Gasteiger partial charge in [-0.2, -0.15) is 4.98 Å². The van der Waals surface area contributed by atoms with Gasteiger partial charge in [0.15, 0.2) is 5.82 Å². The molecule has 0 amide bonds. The lowest BCUT2D eigenvalue weighted by molar-refractivity contribution is -0.0979. The highest BCUT2D eigenvalue weighted by molar-refractivity contribution is 4.96. The number of aromatic nitrogens is 2. The molecule has 0 spiro atoms. The van der Waals surface area contributed by atoms with E-state index >= 15 is 0 Å². The Morgan fingerprint density at radius 3 is 3.14 bits per heavy atom. The van der Waals surface area contributed by atoms with E-state index in [9.17, 15) is 5.11 Å². The molecule has 0 aromatic carbocycles. The number of hydrogen-bond donors (Lipinski definition) is 1. The first kappa shape index (κ1) is 15.0. The van der Waals surface area contributed by atoms with Crippen molar-refractivity contribution in [3.05, 3.63) is 11.7 Å². The van der Waals surface area contributed by atoms with Crippen LogP contribution in [0.3, 0.4) is 0 Å². The average molecular weight is 293 g/mol. The minimum atomic E-state index is -0.407. The summed E-state index contributed by atoms with van der Waals surface area (Å²) in [5.41, 5.74) is -0.407. The quantitative estimate of drug-likeness (QED) is 0.904. The largest absolute Gasteiger partial charge is 0.390 e. The Balaban J connectivity index is 1.55. The topological polar surface area (TPSA) is 62.4 Å². The molecule has 1 saturated heterocycles. The third kappa shape index (κ3) is 3.46. The van der Waals surface area contributed by atoms with E-state index < -0.39 is 5.60 Å². The maximum absolute atomic E-state index is 10.7. The summed E-state index contributed by atoms with van der Waals surface area (Å²) in [6, 6.07) is 0. The fourth-order valence-corrected chi connectivity index (χ4v) is 3.77. The number of nitrogens with zero attached hydrogens (tertiary/aromatic N) is 3. The summed E-state index contributed by atoms with van der Waals surface area (Å²) in [6.07, 6.45) is 8.61. The first-order valence-electron chi connectivity index (χ1n) is 8.46. The Morgan fingerprint density at radius 2 is 2.29 bits per heavy atom. The van der Waals surface area contributed by atoms with Crippen LogP contribution in [0.4, 0.5) is 0 Å². The average Bonchev–Trinajstić information content (AvgIpc) is 2.93. The molecule has 2 atom stereocenters. The summed E-state index contributed by atoms with van der Waals surface area (Å²) < 4.78 is 5.36. The number of likely N-dealkylation sites (tertiary alicyclic amines) is 1. The molecule has 1 saturated carbocycles. The van der Waals surface area contributed by atoms with E-state index in [0.717, 1.165) is 69.9 Å². The molecule has 5 nitrogen and oxygen atoms in total. The van der Waals surface area contributed by atoms with Crippen molar-refractivity contribution < 1.29 is 9.63 Å². The van der Waals surface area contributed by atoms with Crippen LogP contribution in [0.15, 0.2) is 4.52 Å². The lowest BCUT2D eigenvalue weighted by atomic mass is 9.71. The zero-order valence-corrected chi connectivity index (χ0v) is 13.1. The Bertz CT molecular complexity index is 462. The zero-order valence-electron chi connectivity index (χ0n) is 13.1. The van der Waals surface area contributed by atoms with Crippen LogP contribution in [-0.4, -0.2) is 38.8 Å². The summed E-state index contributed by atoms with van der Waals surface area (Å²) >= 11 is 0. The maximum Gasteiger partial charge on any atom is 0.240 e.